The lowest BCUT2D eigenvalue weighted by Crippen LogP contribution is -2.28. The van der Waals surface area contributed by atoms with E-state index in [0.29, 0.717) is 23.1 Å². The lowest BCUT2D eigenvalue weighted by atomic mass is 9.68. The first-order valence-electron chi connectivity index (χ1n) is 23.4. The Morgan fingerprint density at radius 3 is 1.36 bits per heavy atom. The Morgan fingerprint density at radius 2 is 0.754 bits per heavy atom. The maximum atomic E-state index is 7.07. The summed E-state index contributed by atoms with van der Waals surface area (Å²) in [4.78, 5) is 10.5. The van der Waals surface area contributed by atoms with E-state index in [1.807, 2.05) is 18.2 Å². The van der Waals surface area contributed by atoms with Crippen LogP contribution in [0.4, 0.5) is 0 Å². The zero-order valence-corrected chi connectivity index (χ0v) is 37.5. The first-order valence-corrected chi connectivity index (χ1v) is 23.4. The van der Waals surface area contributed by atoms with Crippen LogP contribution in [0.15, 0.2) is 255 Å². The Labute approximate surface area is 401 Å². The average molecular weight is 883 g/mol. The second kappa shape index (κ2) is 16.6. The van der Waals surface area contributed by atoms with Crippen molar-refractivity contribution in [1.29, 1.82) is 0 Å². The number of aromatic nitrogens is 2. The average Bonchev–Trinajstić information content (AvgIpc) is 3.75. The molecule has 1 aliphatic carbocycles. The molecule has 0 atom stereocenters. The number of benzene rings is 10. The number of ether oxygens (including phenoxy) is 2. The zero-order chi connectivity index (χ0) is 45.7. The van der Waals surface area contributed by atoms with Gasteiger partial charge in [0.25, 0.3) is 0 Å². The number of rotatable bonds is 8. The molecule has 0 spiro atoms. The summed E-state index contributed by atoms with van der Waals surface area (Å²) >= 11 is 0. The van der Waals surface area contributed by atoms with Gasteiger partial charge in [-0.15, -0.1) is 0 Å². The first kappa shape index (κ1) is 40.2. The van der Waals surface area contributed by atoms with E-state index >= 15 is 0 Å². The second-order valence-corrected chi connectivity index (χ2v) is 17.6. The molecule has 69 heavy (non-hydrogen) atoms. The molecular formula is C65H42N2O2. The third-order valence-electron chi connectivity index (χ3n) is 13.7. The molecule has 0 saturated heterocycles. The molecule has 0 unspecified atom stereocenters. The molecule has 324 valence electrons. The summed E-state index contributed by atoms with van der Waals surface area (Å²) in [7, 11) is 0. The molecule has 0 saturated carbocycles. The van der Waals surface area contributed by atoms with Crippen LogP contribution < -0.4 is 9.47 Å². The molecule has 0 amide bonds. The van der Waals surface area contributed by atoms with Crippen LogP contribution in [-0.2, 0) is 5.41 Å². The summed E-state index contributed by atoms with van der Waals surface area (Å²) in [5.41, 5.74) is 17.7. The van der Waals surface area contributed by atoms with Crippen molar-refractivity contribution in [2.24, 2.45) is 0 Å². The van der Waals surface area contributed by atoms with Gasteiger partial charge in [-0.3, -0.25) is 0 Å². The Hall–Kier alpha value is -9.12. The molecule has 1 aromatic heterocycles. The molecule has 0 N–H and O–H groups in total. The maximum Gasteiger partial charge on any atom is 0.178 e. The summed E-state index contributed by atoms with van der Waals surface area (Å²) in [6.45, 7) is 0. The fraction of sp³-hybridized carbons (Fsp3) is 0.0154. The van der Waals surface area contributed by atoms with E-state index in [1.54, 1.807) is 0 Å². The van der Waals surface area contributed by atoms with Gasteiger partial charge in [0.1, 0.15) is 0 Å². The summed E-state index contributed by atoms with van der Waals surface area (Å²) in [5, 5.41) is 0. The fourth-order valence-electron chi connectivity index (χ4n) is 10.4. The van der Waals surface area contributed by atoms with Crippen LogP contribution in [0.2, 0.25) is 0 Å². The topological polar surface area (TPSA) is 44.2 Å². The van der Waals surface area contributed by atoms with Crippen LogP contribution in [0.3, 0.4) is 0 Å². The highest BCUT2D eigenvalue weighted by Gasteiger charge is 2.48. The number of fused-ring (bicyclic) bond motifs is 6. The van der Waals surface area contributed by atoms with Gasteiger partial charge in [0.2, 0.25) is 0 Å². The maximum absolute atomic E-state index is 7.07. The normalized spacial score (nSPS) is 12.7. The highest BCUT2D eigenvalue weighted by molar-refractivity contribution is 5.92. The predicted molar refractivity (Wildman–Crippen MR) is 279 cm³/mol. The van der Waals surface area contributed by atoms with E-state index in [2.05, 4.69) is 237 Å². The van der Waals surface area contributed by atoms with Crippen molar-refractivity contribution in [1.82, 2.24) is 9.97 Å². The molecule has 2 aliphatic rings. The van der Waals surface area contributed by atoms with Crippen LogP contribution in [0, 0.1) is 0 Å². The number of hydrogen-bond acceptors (Lipinski definition) is 4. The van der Waals surface area contributed by atoms with Crippen molar-refractivity contribution in [2.75, 3.05) is 0 Å². The number of nitrogens with zero attached hydrogens (tertiary/aromatic N) is 2. The third kappa shape index (κ3) is 6.92. The van der Waals surface area contributed by atoms with Crippen molar-refractivity contribution < 1.29 is 9.47 Å². The first-order chi connectivity index (χ1) is 34.2. The highest BCUT2D eigenvalue weighted by atomic mass is 16.6. The van der Waals surface area contributed by atoms with Crippen LogP contribution in [0.1, 0.15) is 22.3 Å². The highest BCUT2D eigenvalue weighted by Crippen LogP contribution is 2.62. The monoisotopic (exact) mass is 882 g/mol. The van der Waals surface area contributed by atoms with E-state index in [4.69, 9.17) is 19.4 Å². The van der Waals surface area contributed by atoms with Gasteiger partial charge in [0.05, 0.1) is 16.8 Å². The Balaban J connectivity index is 0.883. The van der Waals surface area contributed by atoms with Crippen molar-refractivity contribution in [3.05, 3.63) is 277 Å². The molecule has 1 aliphatic heterocycles. The summed E-state index contributed by atoms with van der Waals surface area (Å²) < 4.78 is 13.8. The van der Waals surface area contributed by atoms with Crippen molar-refractivity contribution in [3.63, 3.8) is 0 Å². The lowest BCUT2D eigenvalue weighted by molar-refractivity contribution is 0.360. The molecule has 4 heteroatoms. The van der Waals surface area contributed by atoms with E-state index in [-0.39, 0.29) is 0 Å². The molecule has 0 bridgehead atoms. The molecule has 2 heterocycles. The van der Waals surface area contributed by atoms with Crippen molar-refractivity contribution in [2.45, 2.75) is 5.41 Å². The van der Waals surface area contributed by atoms with E-state index in [9.17, 15) is 0 Å². The van der Waals surface area contributed by atoms with E-state index in [1.165, 1.54) is 27.8 Å². The number of hydrogen-bond donors (Lipinski definition) is 0. The standard InChI is InChI=1S/C65H42N2O2/c1-5-16-43(17-6-1)45-28-32-47(33-29-45)57-42-58(48-34-30-46(31-35-48)44-18-7-2-8-19-44)67-64(66-57)51-21-15-20-49(40-51)50-36-38-59-61(41-50)69-63-60(68-59)39-37-56-62(63)54-26-13-14-27-55(54)65(56,52-22-9-3-10-23-52)53-24-11-4-12-25-53/h1-42H. The van der Waals surface area contributed by atoms with Crippen LogP contribution in [-0.4, -0.2) is 9.97 Å². The molecule has 4 nitrogen and oxygen atoms in total. The summed E-state index contributed by atoms with van der Waals surface area (Å²) in [5.74, 6) is 3.39. The van der Waals surface area contributed by atoms with Gasteiger partial charge in [-0.1, -0.05) is 224 Å². The Bertz CT molecular complexity index is 3550. The Kier molecular flexibility index (Phi) is 9.69. The minimum atomic E-state index is -0.550. The van der Waals surface area contributed by atoms with E-state index < -0.39 is 5.41 Å². The van der Waals surface area contributed by atoms with Crippen molar-refractivity contribution in [3.8, 4) is 101 Å². The van der Waals surface area contributed by atoms with Gasteiger partial charge in [0, 0.05) is 22.3 Å². The van der Waals surface area contributed by atoms with Gasteiger partial charge in [-0.2, -0.15) is 0 Å². The fourth-order valence-corrected chi connectivity index (χ4v) is 10.4. The third-order valence-corrected chi connectivity index (χ3v) is 13.7. The van der Waals surface area contributed by atoms with Gasteiger partial charge in [0.15, 0.2) is 28.8 Å². The second-order valence-electron chi connectivity index (χ2n) is 17.6. The van der Waals surface area contributed by atoms with Crippen LogP contribution in [0.25, 0.3) is 78.4 Å². The lowest BCUT2D eigenvalue weighted by Gasteiger charge is -2.34. The molecule has 0 fully saturated rings. The van der Waals surface area contributed by atoms with Gasteiger partial charge in [-0.25, -0.2) is 9.97 Å². The quantitative estimate of drug-likeness (QED) is 0.152. The largest absolute Gasteiger partial charge is 0.449 e. The molecule has 10 aromatic carbocycles. The SMILES string of the molecule is c1ccc(-c2ccc(-c3cc(-c4ccc(-c5ccccc5)cc4)nc(-c4cccc(-c5ccc6c(c5)Oc5c(ccc7c5-c5ccccc5C7(c5ccccc5)c5ccccc5)O6)c4)n3)cc2)cc1. The minimum Gasteiger partial charge on any atom is -0.449 e. The van der Waals surface area contributed by atoms with Crippen molar-refractivity contribution >= 4 is 0 Å². The summed E-state index contributed by atoms with van der Waals surface area (Å²) in [6, 6.07) is 89.5. The zero-order valence-electron chi connectivity index (χ0n) is 37.5. The summed E-state index contributed by atoms with van der Waals surface area (Å²) in [6.07, 6.45) is 0. The molecule has 0 radical (unpaired) electrons. The van der Waals surface area contributed by atoms with Gasteiger partial charge in [-0.05, 0) is 91.5 Å². The molecule has 11 aromatic rings. The van der Waals surface area contributed by atoms with Gasteiger partial charge >= 0.3 is 0 Å². The van der Waals surface area contributed by atoms with Crippen LogP contribution >= 0.6 is 0 Å². The minimum absolute atomic E-state index is 0.550. The Morgan fingerprint density at radius 1 is 0.290 bits per heavy atom. The molecule has 13 rings (SSSR count). The smallest absolute Gasteiger partial charge is 0.178 e. The van der Waals surface area contributed by atoms with Gasteiger partial charge < -0.3 is 9.47 Å². The molecular weight excluding hydrogens is 841 g/mol. The predicted octanol–water partition coefficient (Wildman–Crippen LogP) is 16.7. The van der Waals surface area contributed by atoms with Crippen LogP contribution in [0.5, 0.6) is 23.0 Å². The van der Waals surface area contributed by atoms with E-state index in [0.717, 1.165) is 72.8 Å².